The Bertz CT molecular complexity index is 1490. The zero-order valence-corrected chi connectivity index (χ0v) is 25.7. The number of ether oxygens (including phenoxy) is 3. The second-order valence-electron chi connectivity index (χ2n) is 11.2. The van der Waals surface area contributed by atoms with Gasteiger partial charge in [0, 0.05) is 22.5 Å². The zero-order chi connectivity index (χ0) is 29.5. The van der Waals surface area contributed by atoms with E-state index in [-0.39, 0.29) is 24.9 Å². The van der Waals surface area contributed by atoms with Gasteiger partial charge in [0.25, 0.3) is 0 Å². The van der Waals surface area contributed by atoms with Crippen LogP contribution in [0, 0.1) is 5.92 Å². The highest BCUT2D eigenvalue weighted by atomic mass is 79.9. The van der Waals surface area contributed by atoms with E-state index in [0.29, 0.717) is 60.2 Å². The van der Waals surface area contributed by atoms with Crippen molar-refractivity contribution in [1.29, 1.82) is 0 Å². The normalized spacial score (nSPS) is 20.4. The molecule has 14 heteroatoms. The Hall–Kier alpha value is -3.26. The minimum Gasteiger partial charge on any atom is -0.479 e. The summed E-state index contributed by atoms with van der Waals surface area (Å²) in [7, 11) is 0. The Morgan fingerprint density at radius 2 is 2.00 bits per heavy atom. The molecule has 0 saturated carbocycles. The summed E-state index contributed by atoms with van der Waals surface area (Å²) < 4.78 is 19.4. The molecule has 12 nitrogen and oxygen atoms in total. The fourth-order valence-electron chi connectivity index (χ4n) is 5.33. The molecule has 220 valence electrons. The third-order valence-corrected chi connectivity index (χ3v) is 9.39. The number of nitrogens with two attached hydrogens (primary N) is 1. The smallest absolute Gasteiger partial charge is 0.411 e. The van der Waals surface area contributed by atoms with E-state index in [2.05, 4.69) is 25.9 Å². The maximum atomic E-state index is 13.0. The van der Waals surface area contributed by atoms with E-state index in [1.807, 2.05) is 16.7 Å². The zero-order valence-electron chi connectivity index (χ0n) is 23.3. The number of carbonyl (C=O) groups excluding carboxylic acids is 1. The number of carboxylic acid groups (broad SMARTS) is 1. The van der Waals surface area contributed by atoms with Crippen molar-refractivity contribution in [3.8, 4) is 11.5 Å². The van der Waals surface area contributed by atoms with Gasteiger partial charge in [-0.05, 0) is 80.4 Å². The Morgan fingerprint density at radius 3 is 2.68 bits per heavy atom. The SMILES string of the molecule is CC[C@@]1(C(=O)O)C[C@H](CCn2c(Sc3cc4c(cc3Br)OCO4)nc3c(N)ncnc32)CCN1C(=O)OC(C)(C)C. The number of likely N-dealkylation sites (tertiary alicyclic amines) is 1. The van der Waals surface area contributed by atoms with Crippen molar-refractivity contribution in [1.82, 2.24) is 24.4 Å². The largest absolute Gasteiger partial charge is 0.479 e. The molecule has 0 spiro atoms. The van der Waals surface area contributed by atoms with Gasteiger partial charge in [-0.3, -0.25) is 4.90 Å². The van der Waals surface area contributed by atoms with Gasteiger partial charge in [-0.25, -0.2) is 24.5 Å². The standard InChI is InChI=1S/C27H33BrN6O6S/c1-5-27(23(35)36)12-15(7-9-34(27)25(37)40-26(2,3)4)6-8-33-22-20(21(29)30-13-31-22)32-24(33)41-19-11-18-17(10-16(19)28)38-14-39-18/h10-11,13,15H,5-9,12,14H2,1-4H3,(H,35,36)(H2,29,30,31)/t15-,27+/m1/s1. The monoisotopic (exact) mass is 648 g/mol. The van der Waals surface area contributed by atoms with Crippen LogP contribution in [0.15, 0.2) is 33.0 Å². The molecule has 0 aliphatic carbocycles. The maximum Gasteiger partial charge on any atom is 0.411 e. The molecule has 3 aromatic rings. The first kappa shape index (κ1) is 29.2. The van der Waals surface area contributed by atoms with Crippen molar-refractivity contribution >= 4 is 56.7 Å². The number of carbonyl (C=O) groups is 2. The number of hydrogen-bond acceptors (Lipinski definition) is 10. The highest BCUT2D eigenvalue weighted by molar-refractivity contribution is 9.10. The lowest BCUT2D eigenvalue weighted by molar-refractivity contribution is -0.155. The van der Waals surface area contributed by atoms with Crippen LogP contribution in [0.3, 0.4) is 0 Å². The lowest BCUT2D eigenvalue weighted by atomic mass is 9.77. The van der Waals surface area contributed by atoms with E-state index in [1.54, 1.807) is 27.7 Å². The number of rotatable bonds is 7. The lowest BCUT2D eigenvalue weighted by Crippen LogP contribution is -2.61. The number of carboxylic acids is 1. The number of hydrogen-bond donors (Lipinski definition) is 2. The minimum atomic E-state index is -1.34. The number of benzene rings is 1. The second kappa shape index (κ2) is 11.2. The quantitative estimate of drug-likeness (QED) is 0.342. The van der Waals surface area contributed by atoms with Gasteiger partial charge in [0.1, 0.15) is 17.5 Å². The van der Waals surface area contributed by atoms with Gasteiger partial charge in [0.2, 0.25) is 6.79 Å². The molecule has 2 aliphatic heterocycles. The molecule has 0 unspecified atom stereocenters. The van der Waals surface area contributed by atoms with Crippen molar-refractivity contribution in [3.05, 3.63) is 22.9 Å². The van der Waals surface area contributed by atoms with Gasteiger partial charge >= 0.3 is 12.1 Å². The van der Waals surface area contributed by atoms with Gasteiger partial charge in [-0.15, -0.1) is 0 Å². The molecule has 1 saturated heterocycles. The number of aryl methyl sites for hydroxylation is 1. The fourth-order valence-corrected chi connectivity index (χ4v) is 6.84. The second-order valence-corrected chi connectivity index (χ2v) is 13.0. The van der Waals surface area contributed by atoms with E-state index in [0.717, 1.165) is 9.37 Å². The predicted molar refractivity (Wildman–Crippen MR) is 155 cm³/mol. The summed E-state index contributed by atoms with van der Waals surface area (Å²) in [6.07, 6.45) is 2.71. The molecule has 1 aromatic carbocycles. The molecule has 0 radical (unpaired) electrons. The molecule has 5 rings (SSSR count). The van der Waals surface area contributed by atoms with Gasteiger partial charge < -0.3 is 29.6 Å². The number of anilines is 1. The highest BCUT2D eigenvalue weighted by Crippen LogP contribution is 2.44. The number of fused-ring (bicyclic) bond motifs is 2. The molecule has 0 bridgehead atoms. The Balaban J connectivity index is 1.40. The van der Waals surface area contributed by atoms with Crippen LogP contribution in [-0.4, -0.2) is 66.1 Å². The number of halogens is 1. The molecule has 2 aromatic heterocycles. The third-order valence-electron chi connectivity index (χ3n) is 7.42. The van der Waals surface area contributed by atoms with Crippen LogP contribution in [-0.2, 0) is 16.1 Å². The summed E-state index contributed by atoms with van der Waals surface area (Å²) in [5, 5.41) is 11.0. The van der Waals surface area contributed by atoms with E-state index in [1.165, 1.54) is 23.0 Å². The molecule has 2 aliphatic rings. The Morgan fingerprint density at radius 1 is 1.27 bits per heavy atom. The average molecular weight is 650 g/mol. The summed E-state index contributed by atoms with van der Waals surface area (Å²) in [6.45, 7) is 8.11. The van der Waals surface area contributed by atoms with E-state index in [9.17, 15) is 14.7 Å². The van der Waals surface area contributed by atoms with Gasteiger partial charge in [-0.2, -0.15) is 0 Å². The summed E-state index contributed by atoms with van der Waals surface area (Å²) in [6, 6.07) is 3.76. The van der Waals surface area contributed by atoms with Crippen molar-refractivity contribution in [2.45, 2.75) is 81.1 Å². The number of aromatic nitrogens is 4. The molecule has 41 heavy (non-hydrogen) atoms. The third kappa shape index (κ3) is 5.76. The van der Waals surface area contributed by atoms with Crippen LogP contribution in [0.5, 0.6) is 11.5 Å². The highest BCUT2D eigenvalue weighted by Gasteiger charge is 2.50. The predicted octanol–water partition coefficient (Wildman–Crippen LogP) is 5.32. The maximum absolute atomic E-state index is 13.0. The van der Waals surface area contributed by atoms with Crippen LogP contribution in [0.1, 0.15) is 53.4 Å². The first-order valence-corrected chi connectivity index (χ1v) is 15.0. The van der Waals surface area contributed by atoms with E-state index < -0.39 is 23.2 Å². The molecule has 3 N–H and O–H groups in total. The topological polar surface area (TPSA) is 155 Å². The van der Waals surface area contributed by atoms with Crippen LogP contribution in [0.4, 0.5) is 10.6 Å². The van der Waals surface area contributed by atoms with Crippen LogP contribution >= 0.6 is 27.7 Å². The summed E-state index contributed by atoms with van der Waals surface area (Å²) in [5.74, 6) is 0.617. The fraction of sp³-hybridized carbons (Fsp3) is 0.519. The number of aliphatic carboxylic acids is 1. The van der Waals surface area contributed by atoms with Crippen LogP contribution < -0.4 is 15.2 Å². The number of piperidine rings is 1. The van der Waals surface area contributed by atoms with Crippen molar-refractivity contribution in [3.63, 3.8) is 0 Å². The molecular formula is C27H33BrN6O6S. The number of nitrogen functional groups attached to an aromatic ring is 1. The lowest BCUT2D eigenvalue weighted by Gasteiger charge is -2.46. The molecular weight excluding hydrogens is 616 g/mol. The summed E-state index contributed by atoms with van der Waals surface area (Å²) in [4.78, 5) is 41.3. The molecule has 2 atom stereocenters. The minimum absolute atomic E-state index is 0.0384. The first-order chi connectivity index (χ1) is 19.4. The van der Waals surface area contributed by atoms with Crippen LogP contribution in [0.2, 0.25) is 0 Å². The van der Waals surface area contributed by atoms with E-state index >= 15 is 0 Å². The van der Waals surface area contributed by atoms with E-state index in [4.69, 9.17) is 24.9 Å². The van der Waals surface area contributed by atoms with Crippen molar-refractivity contribution in [2.75, 3.05) is 19.1 Å². The molecule has 1 fully saturated rings. The average Bonchev–Trinajstić information content (AvgIpc) is 3.50. The summed E-state index contributed by atoms with van der Waals surface area (Å²) >= 11 is 5.05. The number of nitrogens with zero attached hydrogens (tertiary/aromatic N) is 5. The molecule has 4 heterocycles. The number of amides is 1. The van der Waals surface area contributed by atoms with Gasteiger partial charge in [0.05, 0.1) is 0 Å². The van der Waals surface area contributed by atoms with Crippen molar-refractivity contribution < 1.29 is 28.9 Å². The van der Waals surface area contributed by atoms with Crippen LogP contribution in [0.25, 0.3) is 11.2 Å². The Kier molecular flexibility index (Phi) is 7.99. The first-order valence-electron chi connectivity index (χ1n) is 13.4. The Labute approximate surface area is 250 Å². The molecule has 1 amide bonds. The van der Waals surface area contributed by atoms with Gasteiger partial charge in [0.15, 0.2) is 33.6 Å². The summed E-state index contributed by atoms with van der Waals surface area (Å²) in [5.41, 5.74) is 5.19. The van der Waals surface area contributed by atoms with Gasteiger partial charge in [-0.1, -0.05) is 18.7 Å². The van der Waals surface area contributed by atoms with Crippen molar-refractivity contribution in [2.24, 2.45) is 5.92 Å². The number of imidazole rings is 1.